The van der Waals surface area contributed by atoms with Crippen LogP contribution >= 0.6 is 11.6 Å². The highest BCUT2D eigenvalue weighted by atomic mass is 35.5. The van der Waals surface area contributed by atoms with Gasteiger partial charge in [0.1, 0.15) is 11.6 Å². The minimum atomic E-state index is -0.535. The van der Waals surface area contributed by atoms with Crippen molar-refractivity contribution in [2.75, 3.05) is 23.7 Å². The highest BCUT2D eigenvalue weighted by molar-refractivity contribution is 6.30. The second kappa shape index (κ2) is 8.25. The molecule has 1 aliphatic rings. The maximum absolute atomic E-state index is 13.7. The number of pyridine rings is 1. The number of halogens is 2. The Labute approximate surface area is 155 Å². The Balaban J connectivity index is 1.77. The molecule has 1 aliphatic heterocycles. The van der Waals surface area contributed by atoms with Crippen molar-refractivity contribution in [3.8, 4) is 0 Å². The molecule has 3 rings (SSSR count). The fraction of sp³-hybridized carbons (Fsp3) is 0.278. The lowest BCUT2D eigenvalue weighted by molar-refractivity contribution is -0.120. The number of carbonyl (C=O) groups is 2. The number of rotatable bonds is 4. The Hall–Kier alpha value is -2.51. The number of anilines is 2. The van der Waals surface area contributed by atoms with Gasteiger partial charge in [0.25, 0.3) is 5.91 Å². The Morgan fingerprint density at radius 1 is 1.15 bits per heavy atom. The number of nitrogens with zero attached hydrogens (tertiary/aromatic N) is 1. The number of hydrogen-bond donors (Lipinski definition) is 3. The first-order valence-corrected chi connectivity index (χ1v) is 8.65. The summed E-state index contributed by atoms with van der Waals surface area (Å²) >= 11 is 5.77. The first-order valence-electron chi connectivity index (χ1n) is 8.27. The van der Waals surface area contributed by atoms with E-state index in [9.17, 15) is 14.0 Å². The Kier molecular flexibility index (Phi) is 5.80. The van der Waals surface area contributed by atoms with Gasteiger partial charge in [-0.25, -0.2) is 9.37 Å². The second-order valence-corrected chi connectivity index (χ2v) is 6.46. The zero-order chi connectivity index (χ0) is 18.5. The standard InChI is InChI=1S/C18H18ClFN4O2/c19-12-1-4-16(22-10-12)24-18(26)14-3-2-13(20)9-15(14)23-17(25)11-5-7-21-8-6-11/h1-4,9-11,21H,5-8H2,(H,23,25)(H,22,24,26). The summed E-state index contributed by atoms with van der Waals surface area (Å²) in [7, 11) is 0. The first kappa shape index (κ1) is 18.3. The highest BCUT2D eigenvalue weighted by Gasteiger charge is 2.23. The normalized spacial score (nSPS) is 14.7. The molecule has 136 valence electrons. The van der Waals surface area contributed by atoms with Crippen molar-refractivity contribution in [3.05, 3.63) is 52.9 Å². The largest absolute Gasteiger partial charge is 0.325 e. The lowest BCUT2D eigenvalue weighted by atomic mass is 9.97. The van der Waals surface area contributed by atoms with Crippen LogP contribution in [0.5, 0.6) is 0 Å². The van der Waals surface area contributed by atoms with Crippen molar-refractivity contribution < 1.29 is 14.0 Å². The zero-order valence-electron chi connectivity index (χ0n) is 13.9. The molecule has 3 N–H and O–H groups in total. The van der Waals surface area contributed by atoms with Crippen LogP contribution in [0.4, 0.5) is 15.9 Å². The maximum Gasteiger partial charge on any atom is 0.258 e. The number of carbonyl (C=O) groups excluding carboxylic acids is 2. The molecule has 0 atom stereocenters. The first-order chi connectivity index (χ1) is 12.5. The smallest absolute Gasteiger partial charge is 0.258 e. The van der Waals surface area contributed by atoms with E-state index in [1.165, 1.54) is 18.3 Å². The van der Waals surface area contributed by atoms with E-state index < -0.39 is 11.7 Å². The van der Waals surface area contributed by atoms with E-state index in [0.717, 1.165) is 19.2 Å². The maximum atomic E-state index is 13.7. The van der Waals surface area contributed by atoms with Gasteiger partial charge in [0, 0.05) is 12.1 Å². The SMILES string of the molecule is O=C(Nc1ccc(Cl)cn1)c1ccc(F)cc1NC(=O)C1CCNCC1. The summed E-state index contributed by atoms with van der Waals surface area (Å²) in [4.78, 5) is 28.9. The zero-order valence-corrected chi connectivity index (χ0v) is 14.6. The molecule has 2 heterocycles. The third-order valence-corrected chi connectivity index (χ3v) is 4.39. The highest BCUT2D eigenvalue weighted by Crippen LogP contribution is 2.22. The van der Waals surface area contributed by atoms with Gasteiger partial charge in [0.05, 0.1) is 16.3 Å². The molecule has 1 aromatic carbocycles. The molecule has 8 heteroatoms. The minimum Gasteiger partial charge on any atom is -0.325 e. The Morgan fingerprint density at radius 3 is 2.62 bits per heavy atom. The van der Waals surface area contributed by atoms with Crippen molar-refractivity contribution in [3.63, 3.8) is 0 Å². The number of hydrogen-bond acceptors (Lipinski definition) is 4. The van der Waals surface area contributed by atoms with Crippen LogP contribution in [0.15, 0.2) is 36.5 Å². The molecule has 0 saturated carbocycles. The quantitative estimate of drug-likeness (QED) is 0.765. The van der Waals surface area contributed by atoms with Gasteiger partial charge in [-0.15, -0.1) is 0 Å². The summed E-state index contributed by atoms with van der Waals surface area (Å²) < 4.78 is 13.7. The molecule has 1 saturated heterocycles. The molecule has 2 amide bonds. The van der Waals surface area contributed by atoms with Crippen molar-refractivity contribution >= 4 is 34.9 Å². The van der Waals surface area contributed by atoms with Crippen LogP contribution in [-0.2, 0) is 4.79 Å². The summed E-state index contributed by atoms with van der Waals surface area (Å²) in [5.41, 5.74) is 0.297. The monoisotopic (exact) mass is 376 g/mol. The second-order valence-electron chi connectivity index (χ2n) is 6.02. The molecule has 0 spiro atoms. The van der Waals surface area contributed by atoms with Crippen LogP contribution in [0.25, 0.3) is 0 Å². The molecule has 1 aromatic heterocycles. The van der Waals surface area contributed by atoms with Crippen LogP contribution in [0, 0.1) is 11.7 Å². The molecular weight excluding hydrogens is 359 g/mol. The molecule has 6 nitrogen and oxygen atoms in total. The molecule has 0 unspecified atom stereocenters. The fourth-order valence-corrected chi connectivity index (χ4v) is 2.88. The van der Waals surface area contributed by atoms with Gasteiger partial charge >= 0.3 is 0 Å². The van der Waals surface area contributed by atoms with Gasteiger partial charge in [-0.2, -0.15) is 0 Å². The average Bonchev–Trinajstić information content (AvgIpc) is 2.64. The van der Waals surface area contributed by atoms with Gasteiger partial charge in [-0.3, -0.25) is 9.59 Å². The summed E-state index contributed by atoms with van der Waals surface area (Å²) in [5, 5.41) is 8.92. The molecule has 0 bridgehead atoms. The number of nitrogens with one attached hydrogen (secondary N) is 3. The molecule has 0 aliphatic carbocycles. The van der Waals surface area contributed by atoms with E-state index in [0.29, 0.717) is 23.7 Å². The molecule has 2 aromatic rings. The van der Waals surface area contributed by atoms with Crippen molar-refractivity contribution in [1.82, 2.24) is 10.3 Å². The van der Waals surface area contributed by atoms with Crippen LogP contribution < -0.4 is 16.0 Å². The Bertz CT molecular complexity index is 807. The molecular formula is C18H18ClFN4O2. The predicted octanol–water partition coefficient (Wildman–Crippen LogP) is 3.06. The van der Waals surface area contributed by atoms with Crippen molar-refractivity contribution in [2.45, 2.75) is 12.8 Å². The van der Waals surface area contributed by atoms with E-state index in [2.05, 4.69) is 20.9 Å². The number of benzene rings is 1. The third-order valence-electron chi connectivity index (χ3n) is 4.16. The van der Waals surface area contributed by atoms with E-state index >= 15 is 0 Å². The van der Waals surface area contributed by atoms with E-state index in [1.807, 2.05) is 0 Å². The number of piperidine rings is 1. The van der Waals surface area contributed by atoms with Gasteiger partial charge in [0.15, 0.2) is 0 Å². The summed E-state index contributed by atoms with van der Waals surface area (Å²) in [6, 6.07) is 6.79. The van der Waals surface area contributed by atoms with Gasteiger partial charge in [-0.1, -0.05) is 11.6 Å². The fourth-order valence-electron chi connectivity index (χ4n) is 2.77. The lowest BCUT2D eigenvalue weighted by Gasteiger charge is -2.22. The van der Waals surface area contributed by atoms with Crippen LogP contribution in [-0.4, -0.2) is 29.9 Å². The van der Waals surface area contributed by atoms with Crippen molar-refractivity contribution in [1.29, 1.82) is 0 Å². The van der Waals surface area contributed by atoms with Gasteiger partial charge in [0.2, 0.25) is 5.91 Å². The van der Waals surface area contributed by atoms with E-state index in [4.69, 9.17) is 11.6 Å². The number of aromatic nitrogens is 1. The van der Waals surface area contributed by atoms with Gasteiger partial charge in [-0.05, 0) is 56.3 Å². The van der Waals surface area contributed by atoms with Crippen molar-refractivity contribution in [2.24, 2.45) is 5.92 Å². The summed E-state index contributed by atoms with van der Waals surface area (Å²) in [6.07, 6.45) is 2.82. The third kappa shape index (κ3) is 4.56. The van der Waals surface area contributed by atoms with Crippen LogP contribution in [0.1, 0.15) is 23.2 Å². The topological polar surface area (TPSA) is 83.1 Å². The van der Waals surface area contributed by atoms with Gasteiger partial charge < -0.3 is 16.0 Å². The van der Waals surface area contributed by atoms with Crippen LogP contribution in [0.2, 0.25) is 5.02 Å². The summed E-state index contributed by atoms with van der Waals surface area (Å²) in [6.45, 7) is 1.52. The van der Waals surface area contributed by atoms with E-state index in [1.54, 1.807) is 12.1 Å². The molecule has 1 fully saturated rings. The number of amides is 2. The van der Waals surface area contributed by atoms with Crippen LogP contribution in [0.3, 0.4) is 0 Å². The predicted molar refractivity (Wildman–Crippen MR) is 97.8 cm³/mol. The molecule has 26 heavy (non-hydrogen) atoms. The summed E-state index contributed by atoms with van der Waals surface area (Å²) in [5.74, 6) is -1.10. The molecule has 0 radical (unpaired) electrons. The lowest BCUT2D eigenvalue weighted by Crippen LogP contribution is -2.35. The Morgan fingerprint density at radius 2 is 1.92 bits per heavy atom. The van der Waals surface area contributed by atoms with E-state index in [-0.39, 0.29) is 23.1 Å². The average molecular weight is 377 g/mol. The minimum absolute atomic E-state index is 0.139.